The molecule has 29 heavy (non-hydrogen) atoms. The van der Waals surface area contributed by atoms with Crippen molar-refractivity contribution in [3.8, 4) is 5.75 Å². The number of nitrogens with one attached hydrogen (secondary N) is 2. The second kappa shape index (κ2) is 11.2. The summed E-state index contributed by atoms with van der Waals surface area (Å²) in [5.74, 6) is 0.736. The summed E-state index contributed by atoms with van der Waals surface area (Å²) < 4.78 is 10.8. The maximum atomic E-state index is 11.5. The van der Waals surface area contributed by atoms with Crippen molar-refractivity contribution in [3.63, 3.8) is 0 Å². The van der Waals surface area contributed by atoms with Gasteiger partial charge in [-0.15, -0.1) is 12.4 Å². The zero-order valence-electron chi connectivity index (χ0n) is 16.7. The summed E-state index contributed by atoms with van der Waals surface area (Å²) in [6.45, 7) is 4.49. The van der Waals surface area contributed by atoms with E-state index in [2.05, 4.69) is 15.5 Å². The highest BCUT2D eigenvalue weighted by atomic mass is 35.5. The molecule has 0 spiro atoms. The Morgan fingerprint density at radius 1 is 1.34 bits per heavy atom. The number of ether oxygens (including phenoxy) is 2. The van der Waals surface area contributed by atoms with Crippen LogP contribution in [0.2, 0.25) is 0 Å². The summed E-state index contributed by atoms with van der Waals surface area (Å²) in [6.07, 6.45) is 1.79. The highest BCUT2D eigenvalue weighted by Crippen LogP contribution is 2.31. The van der Waals surface area contributed by atoms with Crippen LogP contribution in [0, 0.1) is 0 Å². The molecule has 0 bridgehead atoms. The fraction of sp³-hybridized carbons (Fsp3) is 0.600. The van der Waals surface area contributed by atoms with Crippen molar-refractivity contribution in [2.75, 3.05) is 38.2 Å². The smallest absolute Gasteiger partial charge is 0.407 e. The average molecular weight is 428 g/mol. The van der Waals surface area contributed by atoms with Crippen molar-refractivity contribution in [2.45, 2.75) is 44.8 Å². The van der Waals surface area contributed by atoms with Crippen molar-refractivity contribution < 1.29 is 24.2 Å². The quantitative estimate of drug-likeness (QED) is 0.615. The van der Waals surface area contributed by atoms with Gasteiger partial charge in [0.1, 0.15) is 18.5 Å². The first-order valence-corrected chi connectivity index (χ1v) is 9.93. The molecule has 3 rings (SSSR count). The Hall–Kier alpha value is -2.03. The molecule has 8 nitrogen and oxygen atoms in total. The van der Waals surface area contributed by atoms with Gasteiger partial charge in [0.15, 0.2) is 0 Å². The molecule has 1 unspecified atom stereocenters. The van der Waals surface area contributed by atoms with Gasteiger partial charge in [-0.3, -0.25) is 4.79 Å². The van der Waals surface area contributed by atoms with Gasteiger partial charge in [-0.1, -0.05) is 6.07 Å². The Morgan fingerprint density at radius 2 is 2.10 bits per heavy atom. The zero-order chi connectivity index (χ0) is 19.9. The highest BCUT2D eigenvalue weighted by molar-refractivity contribution is 5.94. The van der Waals surface area contributed by atoms with E-state index >= 15 is 0 Å². The van der Waals surface area contributed by atoms with E-state index in [1.54, 1.807) is 6.92 Å². The molecule has 1 aromatic carbocycles. The molecular weight excluding hydrogens is 398 g/mol. The number of piperidine rings is 1. The number of benzene rings is 1. The molecule has 1 atom stereocenters. The monoisotopic (exact) mass is 427 g/mol. The van der Waals surface area contributed by atoms with Crippen molar-refractivity contribution in [1.82, 2.24) is 10.2 Å². The average Bonchev–Trinajstić information content (AvgIpc) is 2.67. The molecule has 0 radical (unpaired) electrons. The lowest BCUT2D eigenvalue weighted by molar-refractivity contribution is -0.116. The van der Waals surface area contributed by atoms with Crippen LogP contribution in [0.25, 0.3) is 0 Å². The van der Waals surface area contributed by atoms with Gasteiger partial charge in [0.25, 0.3) is 0 Å². The predicted molar refractivity (Wildman–Crippen MR) is 112 cm³/mol. The number of hydrogen-bond donors (Lipinski definition) is 3. The first-order chi connectivity index (χ1) is 13.5. The van der Waals surface area contributed by atoms with Crippen LogP contribution in [0.5, 0.6) is 5.75 Å². The number of aliphatic hydroxyl groups excluding tert-OH is 1. The SMILES string of the molecule is CCOC(=O)NC1CCN(CC(O)COc2cccc3c2CCC(=O)N3)CC1.Cl. The number of likely N-dealkylation sites (tertiary alicyclic amines) is 1. The standard InChI is InChI=1S/C20H29N3O5.ClH/c1-2-27-20(26)21-14-8-10-23(11-9-14)12-15(24)13-28-18-5-3-4-17-16(18)6-7-19(25)22-17;/h3-5,14-15,24H,2,6-13H2,1H3,(H,21,26)(H,22,25);1H. The maximum Gasteiger partial charge on any atom is 0.407 e. The number of β-amino-alcohol motifs (C(OH)–C–C–N with tert-alkyl or cyclic N) is 1. The Labute approximate surface area is 177 Å². The van der Waals surface area contributed by atoms with Gasteiger partial charge in [-0.05, 0) is 38.3 Å². The number of carbonyl (C=O) groups is 2. The van der Waals surface area contributed by atoms with Gasteiger partial charge >= 0.3 is 6.09 Å². The molecule has 0 aliphatic carbocycles. The molecule has 0 aromatic heterocycles. The second-order valence-corrected chi connectivity index (χ2v) is 7.23. The van der Waals surface area contributed by atoms with E-state index < -0.39 is 6.10 Å². The van der Waals surface area contributed by atoms with Crippen LogP contribution >= 0.6 is 12.4 Å². The third-order valence-electron chi connectivity index (χ3n) is 5.09. The van der Waals surface area contributed by atoms with Crippen LogP contribution in [0.1, 0.15) is 31.7 Å². The predicted octanol–water partition coefficient (Wildman–Crippen LogP) is 1.94. The fourth-order valence-corrected chi connectivity index (χ4v) is 3.66. The van der Waals surface area contributed by atoms with E-state index in [1.165, 1.54) is 0 Å². The molecule has 3 N–H and O–H groups in total. The summed E-state index contributed by atoms with van der Waals surface area (Å²) >= 11 is 0. The number of anilines is 1. The topological polar surface area (TPSA) is 100 Å². The molecule has 9 heteroatoms. The minimum atomic E-state index is -0.608. The Bertz CT molecular complexity index is 695. The Balaban J connectivity index is 0.00000300. The van der Waals surface area contributed by atoms with Crippen LogP contribution in [-0.2, 0) is 16.0 Å². The summed E-state index contributed by atoms with van der Waals surface area (Å²) in [6, 6.07) is 5.70. The summed E-state index contributed by atoms with van der Waals surface area (Å²) in [5.41, 5.74) is 1.78. The van der Waals surface area contributed by atoms with E-state index in [0.29, 0.717) is 31.7 Å². The van der Waals surface area contributed by atoms with Gasteiger partial charge < -0.3 is 30.1 Å². The van der Waals surface area contributed by atoms with E-state index in [9.17, 15) is 14.7 Å². The lowest BCUT2D eigenvalue weighted by atomic mass is 10.0. The number of alkyl carbamates (subject to hydrolysis) is 1. The molecule has 1 saturated heterocycles. The minimum Gasteiger partial charge on any atom is -0.490 e. The molecule has 2 aliphatic rings. The van der Waals surface area contributed by atoms with Crippen molar-refractivity contribution >= 4 is 30.1 Å². The molecule has 1 aromatic rings. The number of halogens is 1. The molecule has 162 valence electrons. The zero-order valence-corrected chi connectivity index (χ0v) is 17.5. The normalized spacial score (nSPS) is 18.1. The number of rotatable bonds is 7. The van der Waals surface area contributed by atoms with Crippen LogP contribution < -0.4 is 15.4 Å². The first kappa shape index (κ1) is 23.3. The fourth-order valence-electron chi connectivity index (χ4n) is 3.66. The Kier molecular flexibility index (Phi) is 9.00. The summed E-state index contributed by atoms with van der Waals surface area (Å²) in [4.78, 5) is 25.2. The molecule has 2 heterocycles. The largest absolute Gasteiger partial charge is 0.490 e. The lowest BCUT2D eigenvalue weighted by Gasteiger charge is -2.33. The van der Waals surface area contributed by atoms with Gasteiger partial charge in [0.05, 0.1) is 6.61 Å². The minimum absolute atomic E-state index is 0. The number of carbonyl (C=O) groups excluding carboxylic acids is 2. The number of aliphatic hydroxyl groups is 1. The molecule has 2 amide bonds. The second-order valence-electron chi connectivity index (χ2n) is 7.23. The number of hydrogen-bond acceptors (Lipinski definition) is 6. The van der Waals surface area contributed by atoms with E-state index in [4.69, 9.17) is 9.47 Å². The van der Waals surface area contributed by atoms with E-state index in [-0.39, 0.29) is 37.1 Å². The Morgan fingerprint density at radius 3 is 2.83 bits per heavy atom. The van der Waals surface area contributed by atoms with Gasteiger partial charge in [0.2, 0.25) is 5.91 Å². The number of amides is 2. The summed E-state index contributed by atoms with van der Waals surface area (Å²) in [5, 5.41) is 16.1. The third kappa shape index (κ3) is 6.76. The van der Waals surface area contributed by atoms with Crippen LogP contribution in [0.15, 0.2) is 18.2 Å². The highest BCUT2D eigenvalue weighted by Gasteiger charge is 2.23. The van der Waals surface area contributed by atoms with E-state index in [0.717, 1.165) is 37.2 Å². The van der Waals surface area contributed by atoms with Crippen LogP contribution in [0.4, 0.5) is 10.5 Å². The third-order valence-corrected chi connectivity index (χ3v) is 5.09. The summed E-state index contributed by atoms with van der Waals surface area (Å²) in [7, 11) is 0. The van der Waals surface area contributed by atoms with Gasteiger partial charge in [0, 0.05) is 43.3 Å². The number of fused-ring (bicyclic) bond motifs is 1. The molecule has 0 saturated carbocycles. The maximum absolute atomic E-state index is 11.5. The van der Waals surface area contributed by atoms with Gasteiger partial charge in [-0.25, -0.2) is 4.79 Å². The first-order valence-electron chi connectivity index (χ1n) is 9.93. The number of nitrogens with zero attached hydrogens (tertiary/aromatic N) is 1. The molecule has 2 aliphatic heterocycles. The van der Waals surface area contributed by atoms with Crippen molar-refractivity contribution in [1.29, 1.82) is 0 Å². The molecular formula is C20H30ClN3O5. The van der Waals surface area contributed by atoms with Gasteiger partial charge in [-0.2, -0.15) is 0 Å². The van der Waals surface area contributed by atoms with Crippen LogP contribution in [0.3, 0.4) is 0 Å². The lowest BCUT2D eigenvalue weighted by Crippen LogP contribution is -2.47. The van der Waals surface area contributed by atoms with Crippen molar-refractivity contribution in [2.24, 2.45) is 0 Å². The van der Waals surface area contributed by atoms with E-state index in [1.807, 2.05) is 18.2 Å². The van der Waals surface area contributed by atoms with Crippen LogP contribution in [-0.4, -0.2) is 67.0 Å². The van der Waals surface area contributed by atoms with Crippen molar-refractivity contribution in [3.05, 3.63) is 23.8 Å². The molecule has 1 fully saturated rings.